The number of hydrogen-bond acceptors (Lipinski definition) is 4. The van der Waals surface area contributed by atoms with Crippen molar-refractivity contribution in [3.63, 3.8) is 0 Å². The predicted octanol–water partition coefficient (Wildman–Crippen LogP) is 2.47. The van der Waals surface area contributed by atoms with Crippen LogP contribution in [0.25, 0.3) is 0 Å². The van der Waals surface area contributed by atoms with Gasteiger partial charge in [0.15, 0.2) is 11.4 Å². The molecule has 1 aromatic rings. The van der Waals surface area contributed by atoms with Gasteiger partial charge in [0, 0.05) is 6.07 Å². The van der Waals surface area contributed by atoms with Gasteiger partial charge in [-0.05, 0) is 6.92 Å². The first-order chi connectivity index (χ1) is 9.45. The highest BCUT2D eigenvalue weighted by Crippen LogP contribution is 2.39. The van der Waals surface area contributed by atoms with Gasteiger partial charge in [-0.3, -0.25) is 4.79 Å². The van der Waals surface area contributed by atoms with Gasteiger partial charge in [-0.15, -0.1) is 13.2 Å². The third kappa shape index (κ3) is 4.39. The molecule has 1 rings (SSSR count). The summed E-state index contributed by atoms with van der Waals surface area (Å²) in [6.45, 7) is 0.941. The zero-order chi connectivity index (χ0) is 16.4. The van der Waals surface area contributed by atoms with Crippen LogP contribution in [0.4, 0.5) is 26.3 Å². The molecule has 0 aliphatic carbocycles. The molecule has 0 atom stereocenters. The molecule has 0 unspecified atom stereocenters. The Balaban J connectivity index is 3.58. The largest absolute Gasteiger partial charge is 0.573 e. The van der Waals surface area contributed by atoms with Crippen molar-refractivity contribution in [3.05, 3.63) is 27.7 Å². The Morgan fingerprint density at radius 3 is 2.24 bits per heavy atom. The first kappa shape index (κ1) is 16.9. The van der Waals surface area contributed by atoms with Gasteiger partial charge in [0.05, 0.1) is 6.61 Å². The Morgan fingerprint density at radius 1 is 1.24 bits per heavy atom. The quantitative estimate of drug-likeness (QED) is 0.686. The summed E-state index contributed by atoms with van der Waals surface area (Å²) in [6, 6.07) is -0.149. The van der Waals surface area contributed by atoms with Crippen LogP contribution in [0.2, 0.25) is 0 Å². The number of aromatic nitrogens is 1. The average Bonchev–Trinajstić information content (AvgIpc) is 2.28. The SMILES string of the molecule is CCOC(=O)c1[nH]c(=O)cc(C(F)(F)F)c1OC(F)(F)F. The number of hydrogen-bond donors (Lipinski definition) is 1. The Morgan fingerprint density at radius 2 is 1.81 bits per heavy atom. The fraction of sp³-hybridized carbons (Fsp3) is 0.400. The van der Waals surface area contributed by atoms with E-state index in [-0.39, 0.29) is 12.7 Å². The number of aromatic amines is 1. The third-order valence-corrected chi connectivity index (χ3v) is 2.00. The summed E-state index contributed by atoms with van der Waals surface area (Å²) in [4.78, 5) is 24.0. The van der Waals surface area contributed by atoms with Crippen LogP contribution in [0.1, 0.15) is 23.0 Å². The number of esters is 1. The van der Waals surface area contributed by atoms with E-state index >= 15 is 0 Å². The Labute approximate surface area is 112 Å². The smallest absolute Gasteiger partial charge is 0.461 e. The molecule has 0 aliphatic rings. The highest BCUT2D eigenvalue weighted by Gasteiger charge is 2.42. The number of ether oxygens (including phenoxy) is 2. The molecule has 0 fully saturated rings. The van der Waals surface area contributed by atoms with Crippen molar-refractivity contribution < 1.29 is 40.6 Å². The van der Waals surface area contributed by atoms with Crippen LogP contribution in [0.15, 0.2) is 10.9 Å². The molecule has 0 spiro atoms. The van der Waals surface area contributed by atoms with Crippen molar-refractivity contribution in [2.24, 2.45) is 0 Å². The molecule has 1 aromatic heterocycles. The maximum absolute atomic E-state index is 12.7. The first-order valence-electron chi connectivity index (χ1n) is 5.23. The van der Waals surface area contributed by atoms with Crippen LogP contribution in [0.5, 0.6) is 5.75 Å². The topological polar surface area (TPSA) is 68.4 Å². The van der Waals surface area contributed by atoms with Crippen molar-refractivity contribution >= 4 is 5.97 Å². The molecule has 0 aliphatic heterocycles. The van der Waals surface area contributed by atoms with Gasteiger partial charge in [0.2, 0.25) is 5.56 Å². The first-order valence-corrected chi connectivity index (χ1v) is 5.23. The average molecular weight is 319 g/mol. The van der Waals surface area contributed by atoms with E-state index < -0.39 is 41.1 Å². The van der Waals surface area contributed by atoms with E-state index in [1.54, 1.807) is 4.98 Å². The predicted molar refractivity (Wildman–Crippen MR) is 54.7 cm³/mol. The molecular formula is C10H7F6NO4. The minimum atomic E-state index is -5.50. The van der Waals surface area contributed by atoms with Gasteiger partial charge in [-0.1, -0.05) is 0 Å². The minimum Gasteiger partial charge on any atom is -0.461 e. The highest BCUT2D eigenvalue weighted by atomic mass is 19.4. The highest BCUT2D eigenvalue weighted by molar-refractivity contribution is 5.90. The maximum atomic E-state index is 12.7. The van der Waals surface area contributed by atoms with Gasteiger partial charge in [-0.25, -0.2) is 4.79 Å². The summed E-state index contributed by atoms with van der Waals surface area (Å²) in [5.41, 5.74) is -4.83. The van der Waals surface area contributed by atoms with Gasteiger partial charge in [0.1, 0.15) is 5.56 Å². The second kappa shape index (κ2) is 5.66. The second-order valence-corrected chi connectivity index (χ2v) is 3.52. The van der Waals surface area contributed by atoms with E-state index in [1.807, 2.05) is 0 Å². The van der Waals surface area contributed by atoms with Crippen molar-refractivity contribution in [1.29, 1.82) is 0 Å². The minimum absolute atomic E-state index is 0.149. The summed E-state index contributed by atoms with van der Waals surface area (Å²) in [5.74, 6) is -3.45. The lowest BCUT2D eigenvalue weighted by Gasteiger charge is -2.17. The molecule has 0 saturated heterocycles. The van der Waals surface area contributed by atoms with Crippen LogP contribution in [0, 0.1) is 0 Å². The standard InChI is InChI=1S/C10H7F6NO4/c1-2-20-8(19)6-7(21-10(14,15)16)4(9(11,12)13)3-5(18)17-6/h3H,2H2,1H3,(H,17,18). The number of halogens is 6. The van der Waals surface area contributed by atoms with Crippen molar-refractivity contribution in [2.75, 3.05) is 6.61 Å². The molecule has 0 saturated carbocycles. The van der Waals surface area contributed by atoms with Crippen molar-refractivity contribution in [1.82, 2.24) is 4.98 Å². The molecule has 1 heterocycles. The maximum Gasteiger partial charge on any atom is 0.573 e. The molecule has 1 N–H and O–H groups in total. The Kier molecular flexibility index (Phi) is 4.54. The molecule has 11 heteroatoms. The lowest BCUT2D eigenvalue weighted by atomic mass is 10.2. The molecule has 0 bridgehead atoms. The summed E-state index contributed by atoms with van der Waals surface area (Å²) in [7, 11) is 0. The van der Waals surface area contributed by atoms with Crippen LogP contribution in [-0.2, 0) is 10.9 Å². The molecule has 0 radical (unpaired) electrons. The molecular weight excluding hydrogens is 312 g/mol. The number of carbonyl (C=O) groups is 1. The molecule has 0 amide bonds. The molecule has 118 valence electrons. The zero-order valence-corrected chi connectivity index (χ0v) is 10.2. The van der Waals surface area contributed by atoms with E-state index in [0.29, 0.717) is 0 Å². The van der Waals surface area contributed by atoms with Gasteiger partial charge >= 0.3 is 18.5 Å². The fourth-order valence-corrected chi connectivity index (χ4v) is 1.33. The summed E-state index contributed by atoms with van der Waals surface area (Å²) in [5, 5.41) is 0. The van der Waals surface area contributed by atoms with E-state index in [0.717, 1.165) is 0 Å². The number of H-pyrrole nitrogens is 1. The second-order valence-electron chi connectivity index (χ2n) is 3.52. The van der Waals surface area contributed by atoms with Gasteiger partial charge in [-0.2, -0.15) is 13.2 Å². The van der Waals surface area contributed by atoms with E-state index in [2.05, 4.69) is 9.47 Å². The number of pyridine rings is 1. The monoisotopic (exact) mass is 319 g/mol. The van der Waals surface area contributed by atoms with E-state index in [1.165, 1.54) is 6.92 Å². The molecule has 21 heavy (non-hydrogen) atoms. The van der Waals surface area contributed by atoms with Gasteiger partial charge < -0.3 is 14.5 Å². The lowest BCUT2D eigenvalue weighted by molar-refractivity contribution is -0.276. The number of alkyl halides is 6. The fourth-order valence-electron chi connectivity index (χ4n) is 1.33. The Hall–Kier alpha value is -2.20. The summed E-state index contributed by atoms with van der Waals surface area (Å²) in [6.07, 6.45) is -10.8. The van der Waals surface area contributed by atoms with E-state index in [4.69, 9.17) is 0 Å². The van der Waals surface area contributed by atoms with Crippen molar-refractivity contribution in [2.45, 2.75) is 19.5 Å². The number of nitrogens with one attached hydrogen (secondary N) is 1. The number of carbonyl (C=O) groups excluding carboxylic acids is 1. The van der Waals surface area contributed by atoms with Crippen LogP contribution in [-0.4, -0.2) is 23.9 Å². The molecule has 5 nitrogen and oxygen atoms in total. The van der Waals surface area contributed by atoms with Crippen LogP contribution < -0.4 is 10.3 Å². The van der Waals surface area contributed by atoms with Crippen LogP contribution in [0.3, 0.4) is 0 Å². The van der Waals surface area contributed by atoms with Crippen LogP contribution >= 0.6 is 0 Å². The summed E-state index contributed by atoms with van der Waals surface area (Å²) < 4.78 is 82.2. The summed E-state index contributed by atoms with van der Waals surface area (Å²) >= 11 is 0. The normalized spacial score (nSPS) is 12.1. The number of rotatable bonds is 3. The Bertz CT molecular complexity index is 589. The third-order valence-electron chi connectivity index (χ3n) is 2.00. The molecule has 0 aromatic carbocycles. The van der Waals surface area contributed by atoms with Crippen molar-refractivity contribution in [3.8, 4) is 5.75 Å². The van der Waals surface area contributed by atoms with Gasteiger partial charge in [0.25, 0.3) is 0 Å². The lowest BCUT2D eigenvalue weighted by Crippen LogP contribution is -2.26. The van der Waals surface area contributed by atoms with E-state index in [9.17, 15) is 35.9 Å². The zero-order valence-electron chi connectivity index (χ0n) is 10.2.